The zero-order valence-corrected chi connectivity index (χ0v) is 12.0. The lowest BCUT2D eigenvalue weighted by Gasteiger charge is -2.05. The molecule has 21 heavy (non-hydrogen) atoms. The Hall–Kier alpha value is -2.23. The van der Waals surface area contributed by atoms with E-state index >= 15 is 0 Å². The van der Waals surface area contributed by atoms with Crippen LogP contribution in [0.25, 0.3) is 0 Å². The van der Waals surface area contributed by atoms with Gasteiger partial charge in [-0.25, -0.2) is 4.79 Å². The van der Waals surface area contributed by atoms with Crippen LogP contribution in [0.5, 0.6) is 5.75 Å². The van der Waals surface area contributed by atoms with E-state index in [0.717, 1.165) is 5.56 Å². The molecule has 1 N–H and O–H groups in total. The second-order valence-electron chi connectivity index (χ2n) is 4.30. The lowest BCUT2D eigenvalue weighted by molar-refractivity contribution is -0.169. The first kappa shape index (κ1) is 15.2. The molecule has 0 saturated carbocycles. The third-order valence-electron chi connectivity index (χ3n) is 2.72. The minimum absolute atomic E-state index is 0.176. The fourth-order valence-corrected chi connectivity index (χ4v) is 2.48. The normalized spacial score (nSPS) is 12.7. The standard InChI is InChI=1S/C15H14NO4P/c17-15(18)14(11-12-7-3-1-4-8-12)16-21(19)20-13-9-5-2-6-10-13/h1-10,14H,11H2,(H,17,18)/t14-/m0/s1. The molecule has 6 heteroatoms. The van der Waals surface area contributed by atoms with Gasteiger partial charge in [-0.2, -0.15) is 0 Å². The van der Waals surface area contributed by atoms with Crippen molar-refractivity contribution < 1.29 is 19.3 Å². The van der Waals surface area contributed by atoms with Crippen LogP contribution in [-0.4, -0.2) is 17.1 Å². The number of carboxylic acid groups (broad SMARTS) is 1. The molecule has 0 aliphatic carbocycles. The van der Waals surface area contributed by atoms with E-state index in [2.05, 4.69) is 4.74 Å². The Labute approximate surface area is 123 Å². The van der Waals surface area contributed by atoms with E-state index in [-0.39, 0.29) is 6.42 Å². The van der Waals surface area contributed by atoms with Crippen molar-refractivity contribution in [2.75, 3.05) is 0 Å². The highest BCUT2D eigenvalue weighted by Crippen LogP contribution is 2.24. The zero-order valence-electron chi connectivity index (χ0n) is 11.1. The lowest BCUT2D eigenvalue weighted by Crippen LogP contribution is -2.20. The van der Waals surface area contributed by atoms with Crippen molar-refractivity contribution in [1.29, 1.82) is 0 Å². The maximum atomic E-state index is 11.8. The van der Waals surface area contributed by atoms with Gasteiger partial charge >= 0.3 is 14.1 Å². The predicted molar refractivity (Wildman–Crippen MR) is 78.0 cm³/mol. The van der Waals surface area contributed by atoms with Gasteiger partial charge in [0.15, 0.2) is 11.8 Å². The summed E-state index contributed by atoms with van der Waals surface area (Å²) in [6.07, 6.45) is 0.176. The Balaban J connectivity index is 2.08. The highest BCUT2D eigenvalue weighted by Gasteiger charge is 2.22. The third kappa shape index (κ3) is 4.99. The van der Waals surface area contributed by atoms with Crippen LogP contribution in [0.2, 0.25) is 0 Å². The maximum Gasteiger partial charge on any atom is 0.395 e. The largest absolute Gasteiger partial charge is 0.575 e. The minimum atomic E-state index is -2.43. The van der Waals surface area contributed by atoms with E-state index in [4.69, 9.17) is 4.52 Å². The Morgan fingerprint density at radius 2 is 1.71 bits per heavy atom. The summed E-state index contributed by atoms with van der Waals surface area (Å²) in [6.45, 7) is 0. The van der Waals surface area contributed by atoms with Crippen LogP contribution in [0.3, 0.4) is 0 Å². The van der Waals surface area contributed by atoms with E-state index in [1.54, 1.807) is 42.5 Å². The van der Waals surface area contributed by atoms with Gasteiger partial charge in [-0.1, -0.05) is 53.3 Å². The van der Waals surface area contributed by atoms with Crippen molar-refractivity contribution in [3.05, 3.63) is 66.2 Å². The lowest BCUT2D eigenvalue weighted by atomic mass is 10.1. The molecule has 1 unspecified atom stereocenters. The Morgan fingerprint density at radius 1 is 1.14 bits per heavy atom. The number of rotatable bonds is 6. The van der Waals surface area contributed by atoms with Gasteiger partial charge in [0.25, 0.3) is 0 Å². The summed E-state index contributed by atoms with van der Waals surface area (Å²) in [6, 6.07) is 16.5. The maximum absolute atomic E-state index is 11.8. The SMILES string of the molecule is O=C(O)[C@H](Cc1ccccc1)N=[P+]([O-])Oc1ccccc1. The van der Waals surface area contributed by atoms with Crippen LogP contribution in [-0.2, 0) is 11.2 Å². The number of nitrogens with zero attached hydrogens (tertiary/aromatic N) is 1. The highest BCUT2D eigenvalue weighted by atomic mass is 31.1. The molecule has 2 aromatic rings. The third-order valence-corrected chi connectivity index (χ3v) is 3.55. The summed E-state index contributed by atoms with van der Waals surface area (Å²) < 4.78 is 8.87. The predicted octanol–water partition coefficient (Wildman–Crippen LogP) is 2.62. The number of benzene rings is 2. The van der Waals surface area contributed by atoms with E-state index in [0.29, 0.717) is 5.75 Å². The summed E-state index contributed by atoms with van der Waals surface area (Å²) in [4.78, 5) is 23.0. The molecule has 2 rings (SSSR count). The summed E-state index contributed by atoms with van der Waals surface area (Å²) in [5.74, 6) is -0.731. The molecular weight excluding hydrogens is 289 g/mol. The first-order chi connectivity index (χ1) is 10.1. The molecule has 0 spiro atoms. The highest BCUT2D eigenvalue weighted by molar-refractivity contribution is 7.34. The van der Waals surface area contributed by atoms with Gasteiger partial charge in [0.05, 0.1) is 0 Å². The van der Waals surface area contributed by atoms with Crippen LogP contribution < -0.4 is 9.42 Å². The van der Waals surface area contributed by atoms with Gasteiger partial charge in [-0.05, 0) is 17.7 Å². The average molecular weight is 303 g/mol. The van der Waals surface area contributed by atoms with Gasteiger partial charge in [-0.3, -0.25) is 4.52 Å². The molecule has 2 atom stereocenters. The van der Waals surface area contributed by atoms with Gasteiger partial charge in [0, 0.05) is 6.42 Å². The van der Waals surface area contributed by atoms with E-state index in [1.165, 1.54) is 0 Å². The van der Waals surface area contributed by atoms with Gasteiger partial charge < -0.3 is 10.00 Å². The van der Waals surface area contributed by atoms with Gasteiger partial charge in [0.2, 0.25) is 0 Å². The van der Waals surface area contributed by atoms with E-state index in [9.17, 15) is 14.8 Å². The molecule has 108 valence electrons. The second-order valence-corrected chi connectivity index (χ2v) is 5.19. The van der Waals surface area contributed by atoms with Crippen LogP contribution >= 0.6 is 8.17 Å². The molecule has 0 amide bonds. The quantitative estimate of drug-likeness (QED) is 0.832. The Morgan fingerprint density at radius 3 is 2.29 bits per heavy atom. The number of carboxylic acids is 1. The van der Waals surface area contributed by atoms with Gasteiger partial charge in [-0.15, -0.1) is 0 Å². The molecular formula is C15H14NO4P. The van der Waals surface area contributed by atoms with Crippen molar-refractivity contribution >= 4 is 14.1 Å². The van der Waals surface area contributed by atoms with E-state index in [1.807, 2.05) is 18.2 Å². The molecule has 0 fully saturated rings. The van der Waals surface area contributed by atoms with Crippen molar-refractivity contribution in [3.63, 3.8) is 0 Å². The van der Waals surface area contributed by atoms with Crippen LogP contribution in [0.15, 0.2) is 65.4 Å². The van der Waals surface area contributed by atoms with Crippen molar-refractivity contribution in [2.24, 2.45) is 4.74 Å². The molecule has 0 aliphatic heterocycles. The molecule has 2 aromatic carbocycles. The fraction of sp³-hybridized carbons (Fsp3) is 0.133. The number of hydrogen-bond donors (Lipinski definition) is 1. The first-order valence-corrected chi connectivity index (χ1v) is 7.46. The zero-order chi connectivity index (χ0) is 15.1. The van der Waals surface area contributed by atoms with Crippen molar-refractivity contribution in [3.8, 4) is 5.75 Å². The average Bonchev–Trinajstić information content (AvgIpc) is 2.48. The Kier molecular flexibility index (Phi) is 5.43. The first-order valence-electron chi connectivity index (χ1n) is 6.33. The second kappa shape index (κ2) is 7.53. The summed E-state index contributed by atoms with van der Waals surface area (Å²) in [7, 11) is -2.43. The topological polar surface area (TPSA) is 82.0 Å². The number of carbonyl (C=O) groups is 1. The monoisotopic (exact) mass is 303 g/mol. The van der Waals surface area contributed by atoms with Gasteiger partial charge in [0.1, 0.15) is 0 Å². The van der Waals surface area contributed by atoms with Crippen molar-refractivity contribution in [1.82, 2.24) is 0 Å². The number of aliphatic carboxylic acids is 1. The molecule has 0 heterocycles. The smallest absolute Gasteiger partial charge is 0.395 e. The molecule has 0 aromatic heterocycles. The summed E-state index contributed by atoms with van der Waals surface area (Å²) in [5, 5.41) is 9.17. The number of hydrogen-bond acceptors (Lipinski definition) is 4. The minimum Gasteiger partial charge on any atom is -0.575 e. The molecule has 0 radical (unpaired) electrons. The fourth-order valence-electron chi connectivity index (χ4n) is 1.72. The van der Waals surface area contributed by atoms with Crippen LogP contribution in [0.1, 0.15) is 5.56 Å². The molecule has 0 bridgehead atoms. The van der Waals surface area contributed by atoms with Crippen LogP contribution in [0, 0.1) is 0 Å². The molecule has 0 aliphatic rings. The molecule has 0 saturated heterocycles. The van der Waals surface area contributed by atoms with E-state index < -0.39 is 20.2 Å². The summed E-state index contributed by atoms with van der Waals surface area (Å²) in [5.41, 5.74) is 0.816. The molecule has 5 nitrogen and oxygen atoms in total. The van der Waals surface area contributed by atoms with Crippen molar-refractivity contribution in [2.45, 2.75) is 12.5 Å². The van der Waals surface area contributed by atoms with Crippen LogP contribution in [0.4, 0.5) is 0 Å². The Bertz CT molecular complexity index is 616. The number of para-hydroxylation sites is 1. The summed E-state index contributed by atoms with van der Waals surface area (Å²) >= 11 is 0.